The van der Waals surface area contributed by atoms with Gasteiger partial charge >= 0.3 is 5.97 Å². The first kappa shape index (κ1) is 15.9. The van der Waals surface area contributed by atoms with E-state index in [0.717, 1.165) is 16.7 Å². The summed E-state index contributed by atoms with van der Waals surface area (Å²) in [4.78, 5) is 12.3. The van der Waals surface area contributed by atoms with Gasteiger partial charge in [-0.1, -0.05) is 35.9 Å². The molecule has 0 amide bonds. The second kappa shape index (κ2) is 6.66. The third kappa shape index (κ3) is 3.35. The molecule has 0 aliphatic rings. The fraction of sp³-hybridized carbons (Fsp3) is 0.211. The van der Waals surface area contributed by atoms with Gasteiger partial charge < -0.3 is 9.15 Å². The van der Waals surface area contributed by atoms with Crippen molar-refractivity contribution >= 4 is 5.97 Å². The number of aryl methyl sites for hydroxylation is 2. The maximum Gasteiger partial charge on any atom is 0.339 e. The van der Waals surface area contributed by atoms with Crippen LogP contribution in [0.5, 0.6) is 0 Å². The lowest BCUT2D eigenvalue weighted by molar-refractivity contribution is 0.0279. The van der Waals surface area contributed by atoms with Gasteiger partial charge in [0.05, 0.1) is 5.56 Å². The molecule has 0 spiro atoms. The molecule has 3 rings (SSSR count). The Bertz CT molecular complexity index is 853. The highest BCUT2D eigenvalue weighted by Crippen LogP contribution is 2.23. The first-order valence-corrected chi connectivity index (χ1v) is 7.71. The molecule has 5 nitrogen and oxygen atoms in total. The van der Waals surface area contributed by atoms with Crippen molar-refractivity contribution in [2.24, 2.45) is 0 Å². The van der Waals surface area contributed by atoms with Gasteiger partial charge in [-0.05, 0) is 44.5 Å². The fourth-order valence-electron chi connectivity index (χ4n) is 2.29. The molecular formula is C19H18N2O3. The summed E-state index contributed by atoms with van der Waals surface area (Å²) in [6, 6.07) is 15.0. The zero-order valence-corrected chi connectivity index (χ0v) is 13.8. The Morgan fingerprint density at radius 3 is 2.46 bits per heavy atom. The van der Waals surface area contributed by atoms with Crippen molar-refractivity contribution in [3.05, 3.63) is 71.1 Å². The molecule has 0 bridgehead atoms. The topological polar surface area (TPSA) is 65.2 Å². The number of benzene rings is 2. The van der Waals surface area contributed by atoms with Crippen molar-refractivity contribution in [1.82, 2.24) is 10.2 Å². The Hall–Kier alpha value is -2.95. The number of hydrogen-bond donors (Lipinski definition) is 0. The van der Waals surface area contributed by atoms with E-state index in [4.69, 9.17) is 9.15 Å². The van der Waals surface area contributed by atoms with Crippen LogP contribution >= 0.6 is 0 Å². The van der Waals surface area contributed by atoms with Crippen molar-refractivity contribution in [2.45, 2.75) is 26.9 Å². The Morgan fingerprint density at radius 1 is 1.04 bits per heavy atom. The molecule has 2 aromatic carbocycles. The van der Waals surface area contributed by atoms with Crippen molar-refractivity contribution in [3.63, 3.8) is 0 Å². The van der Waals surface area contributed by atoms with Crippen LogP contribution in [-0.4, -0.2) is 16.2 Å². The van der Waals surface area contributed by atoms with E-state index < -0.39 is 12.1 Å². The number of nitrogens with zero attached hydrogens (tertiary/aromatic N) is 2. The van der Waals surface area contributed by atoms with Crippen LogP contribution in [0.15, 0.2) is 52.9 Å². The lowest BCUT2D eigenvalue weighted by atomic mass is 10.1. The molecule has 1 aromatic heterocycles. The summed E-state index contributed by atoms with van der Waals surface area (Å²) < 4.78 is 11.1. The molecule has 1 heterocycles. The van der Waals surface area contributed by atoms with Gasteiger partial charge in [0, 0.05) is 5.56 Å². The van der Waals surface area contributed by atoms with Crippen LogP contribution in [0.25, 0.3) is 11.5 Å². The quantitative estimate of drug-likeness (QED) is 0.671. The third-order valence-corrected chi connectivity index (χ3v) is 3.74. The molecule has 24 heavy (non-hydrogen) atoms. The monoisotopic (exact) mass is 322 g/mol. The van der Waals surface area contributed by atoms with Crippen LogP contribution in [-0.2, 0) is 4.74 Å². The molecule has 0 saturated carbocycles. The molecule has 3 aromatic rings. The average Bonchev–Trinajstić information content (AvgIpc) is 3.06. The van der Waals surface area contributed by atoms with Crippen molar-refractivity contribution < 1.29 is 13.9 Å². The van der Waals surface area contributed by atoms with E-state index in [2.05, 4.69) is 10.2 Å². The van der Waals surface area contributed by atoms with Gasteiger partial charge in [0.1, 0.15) is 0 Å². The molecule has 122 valence electrons. The van der Waals surface area contributed by atoms with Crippen molar-refractivity contribution in [3.8, 4) is 11.5 Å². The van der Waals surface area contributed by atoms with Crippen LogP contribution in [0.3, 0.4) is 0 Å². The van der Waals surface area contributed by atoms with Crippen LogP contribution in [0.1, 0.15) is 40.4 Å². The minimum atomic E-state index is -0.621. The minimum absolute atomic E-state index is 0.271. The summed E-state index contributed by atoms with van der Waals surface area (Å²) in [5.74, 6) is 0.270. The van der Waals surface area contributed by atoms with Crippen LogP contribution < -0.4 is 0 Å². The number of aromatic nitrogens is 2. The van der Waals surface area contributed by atoms with E-state index >= 15 is 0 Å². The Morgan fingerprint density at radius 2 is 1.75 bits per heavy atom. The first-order chi connectivity index (χ1) is 11.5. The summed E-state index contributed by atoms with van der Waals surface area (Å²) in [5.41, 5.74) is 3.37. The van der Waals surface area contributed by atoms with Gasteiger partial charge in [-0.25, -0.2) is 4.79 Å². The van der Waals surface area contributed by atoms with E-state index in [0.29, 0.717) is 11.5 Å². The van der Waals surface area contributed by atoms with Crippen LogP contribution in [0.4, 0.5) is 0 Å². The van der Waals surface area contributed by atoms with Gasteiger partial charge in [-0.2, -0.15) is 0 Å². The van der Waals surface area contributed by atoms with E-state index in [1.807, 2.05) is 50.2 Å². The maximum absolute atomic E-state index is 12.3. The average molecular weight is 322 g/mol. The maximum atomic E-state index is 12.3. The number of carbonyl (C=O) groups is 1. The molecule has 0 N–H and O–H groups in total. The number of carbonyl (C=O) groups excluding carboxylic acids is 1. The molecule has 1 atom stereocenters. The zero-order chi connectivity index (χ0) is 17.1. The van der Waals surface area contributed by atoms with E-state index in [9.17, 15) is 4.79 Å². The molecule has 0 aliphatic carbocycles. The van der Waals surface area contributed by atoms with Gasteiger partial charge in [-0.15, -0.1) is 10.2 Å². The SMILES string of the molecule is Cc1ccc(-c2nnc([C@H](C)OC(=O)c3ccccc3C)o2)cc1. The number of hydrogen-bond acceptors (Lipinski definition) is 5. The number of esters is 1. The standard InChI is InChI=1S/C19H18N2O3/c1-12-8-10-15(11-9-12)18-21-20-17(24-18)14(3)23-19(22)16-7-5-4-6-13(16)2/h4-11,14H,1-3H3/t14-/m0/s1. The minimum Gasteiger partial charge on any atom is -0.449 e. The largest absolute Gasteiger partial charge is 0.449 e. The summed E-state index contributed by atoms with van der Waals surface area (Å²) in [7, 11) is 0. The number of ether oxygens (including phenoxy) is 1. The highest BCUT2D eigenvalue weighted by molar-refractivity contribution is 5.91. The van der Waals surface area contributed by atoms with E-state index in [-0.39, 0.29) is 5.89 Å². The third-order valence-electron chi connectivity index (χ3n) is 3.74. The highest BCUT2D eigenvalue weighted by Gasteiger charge is 2.20. The fourth-order valence-corrected chi connectivity index (χ4v) is 2.29. The highest BCUT2D eigenvalue weighted by atomic mass is 16.6. The van der Waals surface area contributed by atoms with E-state index in [1.165, 1.54) is 0 Å². The lowest BCUT2D eigenvalue weighted by Crippen LogP contribution is -2.10. The van der Waals surface area contributed by atoms with Gasteiger partial charge in [0.25, 0.3) is 5.89 Å². The van der Waals surface area contributed by atoms with Crippen molar-refractivity contribution in [1.29, 1.82) is 0 Å². The van der Waals surface area contributed by atoms with Gasteiger partial charge in [0.15, 0.2) is 6.10 Å². The van der Waals surface area contributed by atoms with E-state index in [1.54, 1.807) is 19.1 Å². The molecule has 0 saturated heterocycles. The molecular weight excluding hydrogens is 304 g/mol. The second-order valence-corrected chi connectivity index (χ2v) is 5.67. The van der Waals surface area contributed by atoms with Crippen LogP contribution in [0, 0.1) is 13.8 Å². The summed E-state index contributed by atoms with van der Waals surface area (Å²) in [6.07, 6.45) is -0.621. The van der Waals surface area contributed by atoms with Gasteiger partial charge in [-0.3, -0.25) is 0 Å². The molecule has 0 unspecified atom stereocenters. The number of rotatable bonds is 4. The molecule has 0 aliphatic heterocycles. The normalized spacial score (nSPS) is 12.0. The summed E-state index contributed by atoms with van der Waals surface area (Å²) in [5, 5.41) is 8.02. The molecule has 5 heteroatoms. The first-order valence-electron chi connectivity index (χ1n) is 7.71. The molecule has 0 fully saturated rings. The Balaban J connectivity index is 1.74. The summed E-state index contributed by atoms with van der Waals surface area (Å²) in [6.45, 7) is 5.59. The Labute approximate surface area is 140 Å². The lowest BCUT2D eigenvalue weighted by Gasteiger charge is -2.10. The predicted octanol–water partition coefficient (Wildman–Crippen LogP) is 4.27. The predicted molar refractivity (Wildman–Crippen MR) is 89.5 cm³/mol. The zero-order valence-electron chi connectivity index (χ0n) is 13.8. The van der Waals surface area contributed by atoms with Crippen LogP contribution in [0.2, 0.25) is 0 Å². The van der Waals surface area contributed by atoms with Gasteiger partial charge in [0.2, 0.25) is 5.89 Å². The Kier molecular flexibility index (Phi) is 4.42. The molecule has 0 radical (unpaired) electrons. The second-order valence-electron chi connectivity index (χ2n) is 5.67. The summed E-state index contributed by atoms with van der Waals surface area (Å²) >= 11 is 0. The van der Waals surface area contributed by atoms with Crippen molar-refractivity contribution in [2.75, 3.05) is 0 Å². The smallest absolute Gasteiger partial charge is 0.339 e.